The first-order valence-corrected chi connectivity index (χ1v) is 8.39. The molecule has 1 N–H and O–H groups in total. The monoisotopic (exact) mass is 367 g/mol. The number of nitrogens with zero attached hydrogens (tertiary/aromatic N) is 3. The van der Waals surface area contributed by atoms with Gasteiger partial charge in [-0.2, -0.15) is 4.98 Å². The van der Waals surface area contributed by atoms with Gasteiger partial charge in [0.15, 0.2) is 0 Å². The molecule has 0 saturated heterocycles. The van der Waals surface area contributed by atoms with Gasteiger partial charge in [-0.15, -0.1) is 0 Å². The van der Waals surface area contributed by atoms with Gasteiger partial charge in [0.1, 0.15) is 6.04 Å². The van der Waals surface area contributed by atoms with Crippen molar-refractivity contribution in [2.24, 2.45) is 0 Å². The number of aromatic nitrogens is 2. The van der Waals surface area contributed by atoms with Crippen molar-refractivity contribution in [3.63, 3.8) is 0 Å². The van der Waals surface area contributed by atoms with Gasteiger partial charge in [-0.3, -0.25) is 14.7 Å². The lowest BCUT2D eigenvalue weighted by Gasteiger charge is -2.26. The van der Waals surface area contributed by atoms with Crippen LogP contribution in [0, 0.1) is 0 Å². The molecule has 0 spiro atoms. The average Bonchev–Trinajstić information content (AvgIpc) is 2.68. The van der Waals surface area contributed by atoms with Crippen molar-refractivity contribution >= 4 is 16.9 Å². The fourth-order valence-electron chi connectivity index (χ4n) is 3.13. The summed E-state index contributed by atoms with van der Waals surface area (Å²) in [5, 5.41) is 10.9. The van der Waals surface area contributed by atoms with Crippen LogP contribution in [-0.2, 0) is 11.3 Å². The second kappa shape index (κ2) is 8.01. The van der Waals surface area contributed by atoms with Crippen molar-refractivity contribution in [1.82, 2.24) is 14.9 Å². The highest BCUT2D eigenvalue weighted by molar-refractivity contribution is 5.81. The van der Waals surface area contributed by atoms with Crippen LogP contribution in [0.4, 0.5) is 0 Å². The zero-order valence-electron chi connectivity index (χ0n) is 15.4. The van der Waals surface area contributed by atoms with Crippen LogP contribution in [0.3, 0.4) is 0 Å². The first kappa shape index (κ1) is 18.6. The molecular weight excluding hydrogens is 346 g/mol. The van der Waals surface area contributed by atoms with E-state index in [9.17, 15) is 9.90 Å². The zero-order chi connectivity index (χ0) is 19.4. The molecule has 0 bridgehead atoms. The molecule has 2 aromatic heterocycles. The van der Waals surface area contributed by atoms with Gasteiger partial charge in [-0.05, 0) is 24.7 Å². The molecule has 7 nitrogen and oxygen atoms in total. The van der Waals surface area contributed by atoms with Gasteiger partial charge in [-0.25, -0.2) is 0 Å². The molecule has 0 saturated carbocycles. The minimum atomic E-state index is -0.990. The zero-order valence-corrected chi connectivity index (χ0v) is 15.4. The van der Waals surface area contributed by atoms with Crippen LogP contribution in [0.25, 0.3) is 10.9 Å². The molecule has 0 aliphatic heterocycles. The molecule has 2 heterocycles. The number of rotatable bonds is 7. The Morgan fingerprint density at radius 3 is 2.63 bits per heavy atom. The van der Waals surface area contributed by atoms with Crippen molar-refractivity contribution in [3.8, 4) is 11.8 Å². The molecule has 3 aromatic rings. The topological polar surface area (TPSA) is 84.8 Å². The number of hydrogen-bond acceptors (Lipinski definition) is 6. The molecule has 1 aromatic carbocycles. The quantitative estimate of drug-likeness (QED) is 0.687. The van der Waals surface area contributed by atoms with Gasteiger partial charge in [-0.1, -0.05) is 24.3 Å². The molecule has 0 radical (unpaired) electrons. The summed E-state index contributed by atoms with van der Waals surface area (Å²) < 4.78 is 10.4. The van der Waals surface area contributed by atoms with Crippen molar-refractivity contribution in [2.75, 3.05) is 21.3 Å². The lowest BCUT2D eigenvalue weighted by molar-refractivity contribution is -0.143. The predicted molar refractivity (Wildman–Crippen MR) is 101 cm³/mol. The minimum absolute atomic E-state index is 0.227. The van der Waals surface area contributed by atoms with E-state index in [1.807, 2.05) is 30.3 Å². The summed E-state index contributed by atoms with van der Waals surface area (Å²) in [4.78, 5) is 22.4. The smallest absolute Gasteiger partial charge is 0.325 e. The van der Waals surface area contributed by atoms with Gasteiger partial charge in [0.25, 0.3) is 0 Å². The fourth-order valence-corrected chi connectivity index (χ4v) is 3.13. The molecule has 0 fully saturated rings. The molecule has 0 amide bonds. The Morgan fingerprint density at radius 2 is 1.93 bits per heavy atom. The number of pyridine rings is 2. The Hall–Kier alpha value is -3.19. The standard InChI is InChI=1S/C20H21N3O4/c1-23(12-14-7-4-6-13-8-5-11-21-17(13)14)18(20(24)25)15-9-10-16(26-2)22-19(15)27-3/h4-11,18H,12H2,1-3H3,(H,24,25)/t18-/m0/s1. The van der Waals surface area contributed by atoms with Gasteiger partial charge in [0.05, 0.1) is 19.7 Å². The maximum absolute atomic E-state index is 12.0. The Kier molecular flexibility index (Phi) is 5.52. The fraction of sp³-hybridized carbons (Fsp3) is 0.250. The molecule has 140 valence electrons. The van der Waals surface area contributed by atoms with Crippen LogP contribution in [0.5, 0.6) is 11.8 Å². The SMILES string of the molecule is COc1ccc([C@@H](C(=O)O)N(C)Cc2cccc3cccnc23)c(OC)n1. The van der Waals surface area contributed by atoms with E-state index in [0.717, 1.165) is 16.5 Å². The van der Waals surface area contributed by atoms with E-state index in [1.165, 1.54) is 14.2 Å². The Labute approximate surface area is 157 Å². The molecule has 7 heteroatoms. The summed E-state index contributed by atoms with van der Waals surface area (Å²) in [6.07, 6.45) is 1.73. The van der Waals surface area contributed by atoms with Crippen molar-refractivity contribution in [2.45, 2.75) is 12.6 Å². The van der Waals surface area contributed by atoms with Gasteiger partial charge < -0.3 is 14.6 Å². The second-order valence-electron chi connectivity index (χ2n) is 6.10. The highest BCUT2D eigenvalue weighted by Gasteiger charge is 2.29. The summed E-state index contributed by atoms with van der Waals surface area (Å²) in [7, 11) is 4.71. The molecule has 1 atom stereocenters. The summed E-state index contributed by atoms with van der Waals surface area (Å²) in [6.45, 7) is 0.403. The molecular formula is C20H21N3O4. The lowest BCUT2D eigenvalue weighted by atomic mass is 10.0. The van der Waals surface area contributed by atoms with Crippen LogP contribution in [-0.4, -0.2) is 47.2 Å². The van der Waals surface area contributed by atoms with Crippen LogP contribution >= 0.6 is 0 Å². The largest absolute Gasteiger partial charge is 0.481 e. The number of fused-ring (bicyclic) bond motifs is 1. The number of para-hydroxylation sites is 1. The summed E-state index contributed by atoms with van der Waals surface area (Å²) in [5.74, 6) is -0.402. The molecule has 0 aliphatic rings. The Balaban J connectivity index is 1.97. The van der Waals surface area contributed by atoms with Gasteiger partial charge in [0.2, 0.25) is 11.8 Å². The number of carboxylic acid groups (broad SMARTS) is 1. The van der Waals surface area contributed by atoms with E-state index in [4.69, 9.17) is 9.47 Å². The van der Waals surface area contributed by atoms with Gasteiger partial charge in [0, 0.05) is 29.8 Å². The minimum Gasteiger partial charge on any atom is -0.481 e. The summed E-state index contributed by atoms with van der Waals surface area (Å²) in [6, 6.07) is 12.1. The maximum Gasteiger partial charge on any atom is 0.325 e. The number of carboxylic acids is 1. The Bertz CT molecular complexity index is 956. The predicted octanol–water partition coefficient (Wildman–Crippen LogP) is 2.90. The van der Waals surface area contributed by atoms with E-state index in [-0.39, 0.29) is 5.88 Å². The number of hydrogen-bond donors (Lipinski definition) is 1. The van der Waals surface area contributed by atoms with E-state index < -0.39 is 12.0 Å². The third-order valence-corrected chi connectivity index (χ3v) is 4.37. The average molecular weight is 367 g/mol. The van der Waals surface area contributed by atoms with Crippen LogP contribution < -0.4 is 9.47 Å². The van der Waals surface area contributed by atoms with Crippen molar-refractivity contribution in [1.29, 1.82) is 0 Å². The third-order valence-electron chi connectivity index (χ3n) is 4.37. The first-order chi connectivity index (χ1) is 13.0. The van der Waals surface area contributed by atoms with Crippen LogP contribution in [0.15, 0.2) is 48.7 Å². The number of benzene rings is 1. The lowest BCUT2D eigenvalue weighted by Crippen LogP contribution is -2.31. The summed E-state index contributed by atoms with van der Waals surface area (Å²) in [5.41, 5.74) is 2.26. The Morgan fingerprint density at radius 1 is 1.15 bits per heavy atom. The van der Waals surface area contributed by atoms with Crippen molar-refractivity contribution < 1.29 is 19.4 Å². The maximum atomic E-state index is 12.0. The van der Waals surface area contributed by atoms with Gasteiger partial charge >= 0.3 is 5.97 Å². The normalized spacial score (nSPS) is 12.1. The number of ether oxygens (including phenoxy) is 2. The third kappa shape index (κ3) is 3.83. The van der Waals surface area contributed by atoms with E-state index in [0.29, 0.717) is 18.0 Å². The van der Waals surface area contributed by atoms with E-state index in [2.05, 4.69) is 9.97 Å². The number of methoxy groups -OCH3 is 2. The highest BCUT2D eigenvalue weighted by atomic mass is 16.5. The van der Waals surface area contributed by atoms with Crippen LogP contribution in [0.1, 0.15) is 17.2 Å². The van der Waals surface area contributed by atoms with Crippen molar-refractivity contribution in [3.05, 3.63) is 59.8 Å². The number of likely N-dealkylation sites (N-methyl/N-ethyl adjacent to an activating group) is 1. The molecule has 3 rings (SSSR count). The number of carbonyl (C=O) groups is 1. The first-order valence-electron chi connectivity index (χ1n) is 8.39. The molecule has 0 aliphatic carbocycles. The molecule has 27 heavy (non-hydrogen) atoms. The molecule has 0 unspecified atom stereocenters. The number of aliphatic carboxylic acids is 1. The van der Waals surface area contributed by atoms with E-state index in [1.54, 1.807) is 30.3 Å². The van der Waals surface area contributed by atoms with E-state index >= 15 is 0 Å². The highest BCUT2D eigenvalue weighted by Crippen LogP contribution is 2.31. The summed E-state index contributed by atoms with van der Waals surface area (Å²) >= 11 is 0. The van der Waals surface area contributed by atoms with Crippen LogP contribution in [0.2, 0.25) is 0 Å². The second-order valence-corrected chi connectivity index (χ2v) is 6.10.